The van der Waals surface area contributed by atoms with Gasteiger partial charge in [0.2, 0.25) is 0 Å². The minimum Gasteiger partial charge on any atom is -0.344 e. The Hall–Kier alpha value is -1.40. The van der Waals surface area contributed by atoms with E-state index in [2.05, 4.69) is 23.7 Å². The zero-order chi connectivity index (χ0) is 14.0. The Kier molecular flexibility index (Phi) is 4.21. The Morgan fingerprint density at radius 2 is 2.21 bits per heavy atom. The number of nitrogens with two attached hydrogens (primary N) is 1. The van der Waals surface area contributed by atoms with Crippen LogP contribution in [-0.4, -0.2) is 21.6 Å². The highest BCUT2D eigenvalue weighted by Gasteiger charge is 2.16. The van der Waals surface area contributed by atoms with Gasteiger partial charge in [0.1, 0.15) is 5.82 Å². The molecular formula is C13H21N5S. The number of hydrogen-bond acceptors (Lipinski definition) is 5. The lowest BCUT2D eigenvalue weighted by Gasteiger charge is -2.15. The first-order chi connectivity index (χ1) is 9.02. The third-order valence-corrected chi connectivity index (χ3v) is 4.28. The molecule has 5 nitrogen and oxygen atoms in total. The molecule has 0 amide bonds. The van der Waals surface area contributed by atoms with Crippen LogP contribution in [0.3, 0.4) is 0 Å². The van der Waals surface area contributed by atoms with E-state index in [4.69, 9.17) is 10.7 Å². The summed E-state index contributed by atoms with van der Waals surface area (Å²) < 4.78 is 2.03. The molecule has 0 saturated heterocycles. The summed E-state index contributed by atoms with van der Waals surface area (Å²) in [5.74, 6) is 1.43. The van der Waals surface area contributed by atoms with Crippen molar-refractivity contribution in [3.8, 4) is 0 Å². The van der Waals surface area contributed by atoms with Gasteiger partial charge in [0.15, 0.2) is 5.13 Å². The van der Waals surface area contributed by atoms with Crippen molar-refractivity contribution in [2.45, 2.75) is 32.9 Å². The van der Waals surface area contributed by atoms with E-state index in [1.54, 1.807) is 11.3 Å². The summed E-state index contributed by atoms with van der Waals surface area (Å²) in [6.45, 7) is 5.60. The van der Waals surface area contributed by atoms with Crippen LogP contribution in [0.25, 0.3) is 0 Å². The first kappa shape index (κ1) is 14.0. The quantitative estimate of drug-likeness (QED) is 0.910. The highest BCUT2D eigenvalue weighted by atomic mass is 32.1. The van der Waals surface area contributed by atoms with Crippen LogP contribution in [-0.2, 0) is 20.1 Å². The van der Waals surface area contributed by atoms with Crippen LogP contribution in [0.15, 0.2) is 12.4 Å². The lowest BCUT2D eigenvalue weighted by atomic mass is 10.1. The van der Waals surface area contributed by atoms with Gasteiger partial charge >= 0.3 is 0 Å². The zero-order valence-corrected chi connectivity index (χ0v) is 12.7. The van der Waals surface area contributed by atoms with E-state index in [1.165, 1.54) is 4.88 Å². The third-order valence-electron chi connectivity index (χ3n) is 3.07. The SMILES string of the molecule is CC(C)c1nc(N(C)Cc2nccn2C)sc1CN. The number of aromatic nitrogens is 3. The third kappa shape index (κ3) is 2.96. The number of nitrogens with zero attached hydrogens (tertiary/aromatic N) is 4. The molecule has 0 spiro atoms. The second-order valence-corrected chi connectivity index (χ2v) is 6.04. The van der Waals surface area contributed by atoms with Crippen LogP contribution in [0.1, 0.15) is 36.2 Å². The summed E-state index contributed by atoms with van der Waals surface area (Å²) in [6, 6.07) is 0. The summed E-state index contributed by atoms with van der Waals surface area (Å²) in [6.07, 6.45) is 3.77. The molecule has 2 N–H and O–H groups in total. The van der Waals surface area contributed by atoms with Crippen molar-refractivity contribution >= 4 is 16.5 Å². The normalized spacial score (nSPS) is 11.3. The van der Waals surface area contributed by atoms with Gasteiger partial charge in [-0.25, -0.2) is 9.97 Å². The zero-order valence-electron chi connectivity index (χ0n) is 11.9. The smallest absolute Gasteiger partial charge is 0.185 e. The number of hydrogen-bond donors (Lipinski definition) is 1. The van der Waals surface area contributed by atoms with E-state index < -0.39 is 0 Å². The van der Waals surface area contributed by atoms with E-state index in [1.807, 2.05) is 31.1 Å². The fraction of sp³-hybridized carbons (Fsp3) is 0.538. The number of rotatable bonds is 5. The van der Waals surface area contributed by atoms with E-state index in [0.717, 1.165) is 23.2 Å². The molecule has 0 aliphatic carbocycles. The Balaban J connectivity index is 2.19. The van der Waals surface area contributed by atoms with Gasteiger partial charge in [0.05, 0.1) is 12.2 Å². The highest BCUT2D eigenvalue weighted by molar-refractivity contribution is 7.15. The molecule has 0 aromatic carbocycles. The molecule has 0 aliphatic heterocycles. The van der Waals surface area contributed by atoms with Crippen LogP contribution in [0.2, 0.25) is 0 Å². The van der Waals surface area contributed by atoms with E-state index in [-0.39, 0.29) is 0 Å². The van der Waals surface area contributed by atoms with Crippen LogP contribution < -0.4 is 10.6 Å². The molecule has 0 fully saturated rings. The average molecular weight is 279 g/mol. The molecule has 0 aliphatic rings. The number of imidazole rings is 1. The van der Waals surface area contributed by atoms with Crippen LogP contribution in [0.5, 0.6) is 0 Å². The monoisotopic (exact) mass is 279 g/mol. The maximum atomic E-state index is 5.80. The van der Waals surface area contributed by atoms with Crippen molar-refractivity contribution in [1.29, 1.82) is 0 Å². The fourth-order valence-electron chi connectivity index (χ4n) is 1.94. The predicted octanol–water partition coefficient (Wildman–Crippen LogP) is 2.10. The van der Waals surface area contributed by atoms with Gasteiger partial charge in [-0.3, -0.25) is 0 Å². The van der Waals surface area contributed by atoms with Gasteiger partial charge in [-0.05, 0) is 5.92 Å². The minimum atomic E-state index is 0.408. The molecule has 6 heteroatoms. The van der Waals surface area contributed by atoms with E-state index in [9.17, 15) is 0 Å². The Morgan fingerprint density at radius 3 is 2.68 bits per heavy atom. The van der Waals surface area contributed by atoms with Gasteiger partial charge in [-0.1, -0.05) is 13.8 Å². The largest absolute Gasteiger partial charge is 0.344 e. The standard InChI is InChI=1S/C13H21N5S/c1-9(2)12-10(7-14)19-13(16-12)18(4)8-11-15-5-6-17(11)3/h5-6,9H,7-8,14H2,1-4H3. The van der Waals surface area contributed by atoms with Gasteiger partial charge in [-0.15, -0.1) is 11.3 Å². The fourth-order valence-corrected chi connectivity index (χ4v) is 2.99. The maximum Gasteiger partial charge on any atom is 0.185 e. The van der Waals surface area contributed by atoms with Gasteiger partial charge in [0.25, 0.3) is 0 Å². The second-order valence-electron chi connectivity index (χ2n) is 4.97. The molecule has 2 heterocycles. The van der Waals surface area contributed by atoms with Crippen molar-refractivity contribution in [1.82, 2.24) is 14.5 Å². The minimum absolute atomic E-state index is 0.408. The molecule has 0 atom stereocenters. The lowest BCUT2D eigenvalue weighted by Crippen LogP contribution is -2.18. The topological polar surface area (TPSA) is 60.0 Å². The summed E-state index contributed by atoms with van der Waals surface area (Å²) in [7, 11) is 4.04. The van der Waals surface area contributed by atoms with Crippen molar-refractivity contribution in [2.24, 2.45) is 12.8 Å². The highest BCUT2D eigenvalue weighted by Crippen LogP contribution is 2.30. The van der Waals surface area contributed by atoms with E-state index >= 15 is 0 Å². The van der Waals surface area contributed by atoms with Crippen molar-refractivity contribution < 1.29 is 0 Å². The molecule has 0 bridgehead atoms. The second kappa shape index (κ2) is 5.71. The van der Waals surface area contributed by atoms with E-state index in [0.29, 0.717) is 12.5 Å². The number of anilines is 1. The summed E-state index contributed by atoms with van der Waals surface area (Å²) in [5, 5.41) is 1.01. The molecule has 2 aromatic heterocycles. The summed E-state index contributed by atoms with van der Waals surface area (Å²) in [5.41, 5.74) is 6.92. The molecule has 2 rings (SSSR count). The number of thiazole rings is 1. The van der Waals surface area contributed by atoms with Crippen LogP contribution in [0, 0.1) is 0 Å². The molecule has 0 radical (unpaired) electrons. The molecule has 19 heavy (non-hydrogen) atoms. The molecule has 0 unspecified atom stereocenters. The Morgan fingerprint density at radius 1 is 1.47 bits per heavy atom. The van der Waals surface area contributed by atoms with Crippen molar-refractivity contribution in [3.63, 3.8) is 0 Å². The molecule has 2 aromatic rings. The summed E-state index contributed by atoms with van der Waals surface area (Å²) >= 11 is 1.68. The van der Waals surface area contributed by atoms with Crippen molar-refractivity contribution in [2.75, 3.05) is 11.9 Å². The summed E-state index contributed by atoms with van der Waals surface area (Å²) in [4.78, 5) is 12.4. The first-order valence-electron chi connectivity index (χ1n) is 6.40. The average Bonchev–Trinajstić information content (AvgIpc) is 2.96. The predicted molar refractivity (Wildman–Crippen MR) is 79.4 cm³/mol. The first-order valence-corrected chi connectivity index (χ1v) is 7.21. The maximum absolute atomic E-state index is 5.80. The number of aryl methyl sites for hydroxylation is 1. The molecule has 0 saturated carbocycles. The van der Waals surface area contributed by atoms with Gasteiger partial charge < -0.3 is 15.2 Å². The lowest BCUT2D eigenvalue weighted by molar-refractivity contribution is 0.754. The van der Waals surface area contributed by atoms with Gasteiger partial charge in [-0.2, -0.15) is 0 Å². The van der Waals surface area contributed by atoms with Crippen LogP contribution in [0.4, 0.5) is 5.13 Å². The molecule has 104 valence electrons. The van der Waals surface area contributed by atoms with Crippen molar-refractivity contribution in [3.05, 3.63) is 28.8 Å². The van der Waals surface area contributed by atoms with Gasteiger partial charge in [0, 0.05) is 37.9 Å². The molecular weight excluding hydrogens is 258 g/mol. The Bertz CT molecular complexity index is 543. The van der Waals surface area contributed by atoms with Crippen LogP contribution >= 0.6 is 11.3 Å². The Labute approximate surface area is 118 Å².